The van der Waals surface area contributed by atoms with Crippen molar-refractivity contribution < 1.29 is 14.9 Å². The monoisotopic (exact) mass is 313 g/mol. The van der Waals surface area contributed by atoms with Crippen LogP contribution in [0, 0.1) is 11.3 Å². The quantitative estimate of drug-likeness (QED) is 0.647. The van der Waals surface area contributed by atoms with Gasteiger partial charge >= 0.3 is 0 Å². The van der Waals surface area contributed by atoms with E-state index in [1.807, 2.05) is 24.3 Å². The van der Waals surface area contributed by atoms with E-state index in [9.17, 15) is 15.5 Å². The number of allylic oxidation sites excluding steroid dienone is 1. The highest BCUT2D eigenvalue weighted by molar-refractivity contribution is 8.02. The number of nitriles is 1. The summed E-state index contributed by atoms with van der Waals surface area (Å²) in [6, 6.07) is 14.2. The van der Waals surface area contributed by atoms with Crippen molar-refractivity contribution in [3.8, 4) is 23.3 Å². The van der Waals surface area contributed by atoms with E-state index < -0.39 is 0 Å². The van der Waals surface area contributed by atoms with Crippen LogP contribution in [0.2, 0.25) is 0 Å². The van der Waals surface area contributed by atoms with Crippen molar-refractivity contribution in [3.63, 3.8) is 0 Å². The van der Waals surface area contributed by atoms with Crippen molar-refractivity contribution in [1.29, 1.82) is 5.26 Å². The maximum Gasteiger partial charge on any atom is 0.157 e. The Hall–Kier alpha value is -2.58. The minimum atomic E-state index is -0.203. The van der Waals surface area contributed by atoms with Gasteiger partial charge in [0, 0.05) is 5.75 Å². The van der Waals surface area contributed by atoms with Gasteiger partial charge in [-0.1, -0.05) is 18.2 Å². The van der Waals surface area contributed by atoms with E-state index in [0.717, 1.165) is 11.3 Å². The van der Waals surface area contributed by atoms with E-state index >= 15 is 0 Å². The second kappa shape index (κ2) is 7.43. The van der Waals surface area contributed by atoms with Crippen LogP contribution in [-0.2, 0) is 5.75 Å². The van der Waals surface area contributed by atoms with E-state index in [-0.39, 0.29) is 11.5 Å². The van der Waals surface area contributed by atoms with Crippen LogP contribution >= 0.6 is 11.8 Å². The van der Waals surface area contributed by atoms with Gasteiger partial charge in [0.25, 0.3) is 0 Å². The van der Waals surface area contributed by atoms with Crippen LogP contribution in [-0.4, -0.2) is 17.3 Å². The SMILES string of the molecule is COc1ccc(CS/C(C#N)=C/c2ccc(O)c(O)c2)cc1. The van der Waals surface area contributed by atoms with E-state index in [1.54, 1.807) is 19.3 Å². The molecule has 5 heteroatoms. The summed E-state index contributed by atoms with van der Waals surface area (Å²) < 4.78 is 5.10. The zero-order chi connectivity index (χ0) is 15.9. The summed E-state index contributed by atoms with van der Waals surface area (Å²) in [6.45, 7) is 0. The Kier molecular flexibility index (Phi) is 5.34. The Morgan fingerprint density at radius 1 is 1.18 bits per heavy atom. The molecular weight excluding hydrogens is 298 g/mol. The lowest BCUT2D eigenvalue weighted by Crippen LogP contribution is -1.85. The molecule has 0 spiro atoms. The largest absolute Gasteiger partial charge is 0.504 e. The van der Waals surface area contributed by atoms with Gasteiger partial charge in [-0.2, -0.15) is 5.26 Å². The Morgan fingerprint density at radius 2 is 1.91 bits per heavy atom. The number of aromatic hydroxyl groups is 2. The number of phenolic OH excluding ortho intramolecular Hbond substituents is 2. The molecule has 2 rings (SSSR count). The summed E-state index contributed by atoms with van der Waals surface area (Å²) in [5.41, 5.74) is 1.74. The minimum Gasteiger partial charge on any atom is -0.504 e. The number of hydrogen-bond donors (Lipinski definition) is 2. The van der Waals surface area contributed by atoms with Crippen molar-refractivity contribution in [2.45, 2.75) is 5.75 Å². The van der Waals surface area contributed by atoms with Crippen LogP contribution in [0.4, 0.5) is 0 Å². The van der Waals surface area contributed by atoms with E-state index in [0.29, 0.717) is 16.2 Å². The molecule has 2 aromatic carbocycles. The first-order valence-electron chi connectivity index (χ1n) is 6.52. The van der Waals surface area contributed by atoms with E-state index in [1.165, 1.54) is 23.9 Å². The third kappa shape index (κ3) is 4.21. The number of nitrogens with zero attached hydrogens (tertiary/aromatic N) is 1. The van der Waals surface area contributed by atoms with Gasteiger partial charge in [-0.3, -0.25) is 0 Å². The van der Waals surface area contributed by atoms with Gasteiger partial charge in [0.1, 0.15) is 11.8 Å². The number of benzene rings is 2. The minimum absolute atomic E-state index is 0.179. The van der Waals surface area contributed by atoms with Gasteiger partial charge in [0.05, 0.1) is 12.0 Å². The van der Waals surface area contributed by atoms with Gasteiger partial charge in [-0.15, -0.1) is 11.8 Å². The number of methoxy groups -OCH3 is 1. The molecule has 2 aromatic rings. The summed E-state index contributed by atoms with van der Waals surface area (Å²) in [5, 5.41) is 27.9. The highest BCUT2D eigenvalue weighted by atomic mass is 32.2. The first kappa shape index (κ1) is 15.8. The second-order valence-corrected chi connectivity index (χ2v) is 5.52. The zero-order valence-electron chi connectivity index (χ0n) is 12.0. The van der Waals surface area contributed by atoms with Crippen LogP contribution in [0.15, 0.2) is 47.4 Å². The third-order valence-electron chi connectivity index (χ3n) is 2.96. The first-order valence-corrected chi connectivity index (χ1v) is 7.50. The molecule has 0 saturated heterocycles. The number of ether oxygens (including phenoxy) is 1. The molecule has 0 bridgehead atoms. The molecule has 0 amide bonds. The van der Waals surface area contributed by atoms with Crippen molar-refractivity contribution in [2.24, 2.45) is 0 Å². The molecule has 0 aromatic heterocycles. The molecule has 0 unspecified atom stereocenters. The molecular formula is C17H15NO3S. The third-order valence-corrected chi connectivity index (χ3v) is 3.96. The molecule has 0 aliphatic heterocycles. The predicted molar refractivity (Wildman–Crippen MR) is 87.7 cm³/mol. The van der Waals surface area contributed by atoms with E-state index in [4.69, 9.17) is 4.74 Å². The maximum atomic E-state index is 9.46. The smallest absolute Gasteiger partial charge is 0.157 e. The van der Waals surface area contributed by atoms with Crippen molar-refractivity contribution >= 4 is 17.8 Å². The molecule has 112 valence electrons. The van der Waals surface area contributed by atoms with Crippen LogP contribution in [0.25, 0.3) is 6.08 Å². The molecule has 0 fully saturated rings. The van der Waals surface area contributed by atoms with Crippen molar-refractivity contribution in [3.05, 3.63) is 58.5 Å². The fourth-order valence-electron chi connectivity index (χ4n) is 1.77. The highest BCUT2D eigenvalue weighted by Crippen LogP contribution is 2.28. The average Bonchev–Trinajstić information content (AvgIpc) is 2.55. The lowest BCUT2D eigenvalue weighted by Gasteiger charge is -2.03. The van der Waals surface area contributed by atoms with Crippen LogP contribution in [0.5, 0.6) is 17.2 Å². The maximum absolute atomic E-state index is 9.46. The fourth-order valence-corrected chi connectivity index (χ4v) is 2.57. The normalized spacial score (nSPS) is 11.0. The Bertz CT molecular complexity index is 718. The summed E-state index contributed by atoms with van der Waals surface area (Å²) in [7, 11) is 1.62. The topological polar surface area (TPSA) is 73.5 Å². The number of thioether (sulfide) groups is 1. The molecule has 4 nitrogen and oxygen atoms in total. The van der Waals surface area contributed by atoms with Gasteiger partial charge in [-0.05, 0) is 41.5 Å². The average molecular weight is 313 g/mol. The molecule has 22 heavy (non-hydrogen) atoms. The molecule has 0 atom stereocenters. The van der Waals surface area contributed by atoms with Crippen molar-refractivity contribution in [2.75, 3.05) is 7.11 Å². The standard InChI is InChI=1S/C17H15NO3S/c1-21-14-5-2-12(3-6-14)11-22-15(10-18)8-13-4-7-16(19)17(20)9-13/h2-9,19-20H,11H2,1H3/b15-8+. The summed E-state index contributed by atoms with van der Waals surface area (Å²) in [5.74, 6) is 1.07. The Labute approximate surface area is 133 Å². The lowest BCUT2D eigenvalue weighted by molar-refractivity contribution is 0.403. The zero-order valence-corrected chi connectivity index (χ0v) is 12.8. The highest BCUT2D eigenvalue weighted by Gasteiger charge is 2.03. The van der Waals surface area contributed by atoms with Crippen molar-refractivity contribution in [1.82, 2.24) is 0 Å². The molecule has 0 aliphatic rings. The molecule has 0 heterocycles. The number of rotatable bonds is 5. The molecule has 2 N–H and O–H groups in total. The summed E-state index contributed by atoms with van der Waals surface area (Å²) in [4.78, 5) is 0.529. The summed E-state index contributed by atoms with van der Waals surface area (Å²) in [6.07, 6.45) is 1.67. The van der Waals surface area contributed by atoms with Gasteiger partial charge < -0.3 is 14.9 Å². The number of hydrogen-bond acceptors (Lipinski definition) is 5. The molecule has 0 aliphatic carbocycles. The van der Waals surface area contributed by atoms with E-state index in [2.05, 4.69) is 6.07 Å². The van der Waals surface area contributed by atoms with Gasteiger partial charge in [0.15, 0.2) is 11.5 Å². The second-order valence-electron chi connectivity index (χ2n) is 4.51. The number of phenols is 2. The fraction of sp³-hybridized carbons (Fsp3) is 0.118. The summed E-state index contributed by atoms with van der Waals surface area (Å²) >= 11 is 1.41. The van der Waals surface area contributed by atoms with Crippen LogP contribution < -0.4 is 4.74 Å². The first-order chi connectivity index (χ1) is 10.6. The lowest BCUT2D eigenvalue weighted by atomic mass is 10.2. The predicted octanol–water partition coefficient (Wildman–Crippen LogP) is 3.90. The molecule has 0 radical (unpaired) electrons. The van der Waals surface area contributed by atoms with Gasteiger partial charge in [-0.25, -0.2) is 0 Å². The molecule has 0 saturated carbocycles. The Balaban J connectivity index is 2.06. The van der Waals surface area contributed by atoms with Crippen LogP contribution in [0.1, 0.15) is 11.1 Å². The Morgan fingerprint density at radius 3 is 2.50 bits per heavy atom. The van der Waals surface area contributed by atoms with Gasteiger partial charge in [0.2, 0.25) is 0 Å². The van der Waals surface area contributed by atoms with Crippen LogP contribution in [0.3, 0.4) is 0 Å².